The molecule has 0 radical (unpaired) electrons. The van der Waals surface area contributed by atoms with Crippen molar-refractivity contribution in [2.45, 2.75) is 74.7 Å². The van der Waals surface area contributed by atoms with Crippen LogP contribution in [0.5, 0.6) is 0 Å². The van der Waals surface area contributed by atoms with Gasteiger partial charge in [-0.05, 0) is 75.4 Å². The lowest BCUT2D eigenvalue weighted by Crippen LogP contribution is -2.40. The van der Waals surface area contributed by atoms with Crippen LogP contribution in [0, 0.1) is 0 Å². The first kappa shape index (κ1) is 27.3. The van der Waals surface area contributed by atoms with Gasteiger partial charge in [-0.3, -0.25) is 4.79 Å². The van der Waals surface area contributed by atoms with E-state index in [9.17, 15) is 21.6 Å². The molecule has 2 N–H and O–H groups in total. The minimum absolute atomic E-state index is 0.138. The largest absolute Gasteiger partial charge is 0.352 e. The Morgan fingerprint density at radius 3 is 1.94 bits per heavy atom. The van der Waals surface area contributed by atoms with Crippen molar-refractivity contribution in [3.8, 4) is 0 Å². The van der Waals surface area contributed by atoms with Gasteiger partial charge in [-0.15, -0.1) is 0 Å². The lowest BCUT2D eigenvalue weighted by Gasteiger charge is -2.25. The van der Waals surface area contributed by atoms with Crippen molar-refractivity contribution in [1.29, 1.82) is 0 Å². The Labute approximate surface area is 209 Å². The van der Waals surface area contributed by atoms with E-state index >= 15 is 0 Å². The molecule has 1 aliphatic rings. The lowest BCUT2D eigenvalue weighted by molar-refractivity contribution is -0.121. The number of nitrogens with zero attached hydrogens (tertiary/aromatic N) is 1. The predicted octanol–water partition coefficient (Wildman–Crippen LogP) is 3.19. The second kappa shape index (κ2) is 11.2. The fourth-order valence-electron chi connectivity index (χ4n) is 3.88. The lowest BCUT2D eigenvalue weighted by atomic mass is 10.1. The molecule has 0 atom stereocenters. The summed E-state index contributed by atoms with van der Waals surface area (Å²) in [6.45, 7) is 6.77. The summed E-state index contributed by atoms with van der Waals surface area (Å²) in [5, 5.41) is 2.85. The number of benzene rings is 2. The molecular weight excluding hydrogens is 486 g/mol. The van der Waals surface area contributed by atoms with E-state index in [2.05, 4.69) is 10.0 Å². The maximum absolute atomic E-state index is 12.7. The van der Waals surface area contributed by atoms with E-state index in [1.165, 1.54) is 4.31 Å². The first-order valence-electron chi connectivity index (χ1n) is 11.9. The molecule has 1 aliphatic heterocycles. The van der Waals surface area contributed by atoms with Crippen molar-refractivity contribution < 1.29 is 21.6 Å². The number of hydrogen-bond acceptors (Lipinski definition) is 5. The van der Waals surface area contributed by atoms with Gasteiger partial charge in [0.05, 0.1) is 9.79 Å². The summed E-state index contributed by atoms with van der Waals surface area (Å²) in [4.78, 5) is 12.7. The molecule has 1 saturated heterocycles. The Hall–Kier alpha value is -2.27. The number of aryl methyl sites for hydroxylation is 1. The van der Waals surface area contributed by atoms with Crippen LogP contribution in [0.1, 0.15) is 57.6 Å². The van der Waals surface area contributed by atoms with Crippen LogP contribution in [0.4, 0.5) is 0 Å². The topological polar surface area (TPSA) is 113 Å². The monoisotopic (exact) mass is 521 g/mol. The van der Waals surface area contributed by atoms with Gasteiger partial charge in [0.25, 0.3) is 0 Å². The van der Waals surface area contributed by atoms with Gasteiger partial charge in [-0.2, -0.15) is 4.31 Å². The van der Waals surface area contributed by atoms with Gasteiger partial charge in [0.15, 0.2) is 0 Å². The third kappa shape index (κ3) is 7.86. The summed E-state index contributed by atoms with van der Waals surface area (Å²) in [7, 11) is -7.06. The smallest absolute Gasteiger partial charge is 0.243 e. The van der Waals surface area contributed by atoms with Gasteiger partial charge in [0.2, 0.25) is 26.0 Å². The second-order valence-electron chi connectivity index (χ2n) is 9.88. The van der Waals surface area contributed by atoms with E-state index in [1.807, 2.05) is 0 Å². The number of carbonyl (C=O) groups is 1. The highest BCUT2D eigenvalue weighted by molar-refractivity contribution is 7.89. The molecule has 8 nitrogen and oxygen atoms in total. The summed E-state index contributed by atoms with van der Waals surface area (Å²) >= 11 is 0. The molecular formula is C25H35N3O5S2. The number of sulfonamides is 2. The Bertz CT molecular complexity index is 1210. The second-order valence-corrected chi connectivity index (χ2v) is 13.5. The molecule has 0 aromatic heterocycles. The van der Waals surface area contributed by atoms with Crippen molar-refractivity contribution in [3.63, 3.8) is 0 Å². The minimum Gasteiger partial charge on any atom is -0.352 e. The van der Waals surface area contributed by atoms with Crippen LogP contribution in [-0.4, -0.2) is 45.7 Å². The molecule has 192 valence electrons. The molecule has 1 fully saturated rings. The van der Waals surface area contributed by atoms with Crippen LogP contribution in [0.3, 0.4) is 0 Å². The van der Waals surface area contributed by atoms with E-state index in [0.717, 1.165) is 30.4 Å². The van der Waals surface area contributed by atoms with Crippen LogP contribution >= 0.6 is 0 Å². The molecule has 1 heterocycles. The van der Waals surface area contributed by atoms with Crippen molar-refractivity contribution in [2.24, 2.45) is 0 Å². The van der Waals surface area contributed by atoms with Crippen molar-refractivity contribution in [1.82, 2.24) is 14.3 Å². The van der Waals surface area contributed by atoms with Gasteiger partial charge in [-0.25, -0.2) is 21.6 Å². The normalized spacial score (nSPS) is 15.6. The Morgan fingerprint density at radius 2 is 1.37 bits per heavy atom. The maximum atomic E-state index is 12.7. The van der Waals surface area contributed by atoms with Crippen molar-refractivity contribution >= 4 is 26.0 Å². The maximum Gasteiger partial charge on any atom is 0.243 e. The van der Waals surface area contributed by atoms with Gasteiger partial charge >= 0.3 is 0 Å². The fraction of sp³-hybridized carbons (Fsp3) is 0.480. The third-order valence-corrected chi connectivity index (χ3v) is 9.37. The predicted molar refractivity (Wildman–Crippen MR) is 136 cm³/mol. The Morgan fingerprint density at radius 1 is 0.829 bits per heavy atom. The summed E-state index contributed by atoms with van der Waals surface area (Å²) < 4.78 is 54.4. The zero-order valence-corrected chi connectivity index (χ0v) is 22.2. The minimum atomic E-state index is -3.59. The highest BCUT2D eigenvalue weighted by atomic mass is 32.2. The molecule has 2 aromatic rings. The van der Waals surface area contributed by atoms with Gasteiger partial charge in [-0.1, -0.05) is 30.7 Å². The van der Waals surface area contributed by atoms with Crippen molar-refractivity contribution in [2.75, 3.05) is 13.1 Å². The van der Waals surface area contributed by atoms with E-state index in [-0.39, 0.29) is 22.1 Å². The number of nitrogens with one attached hydrogen (secondary N) is 2. The number of amides is 1. The van der Waals surface area contributed by atoms with E-state index < -0.39 is 25.6 Å². The molecule has 0 spiro atoms. The first-order chi connectivity index (χ1) is 16.4. The quantitative estimate of drug-likeness (QED) is 0.526. The standard InChI is InChI=1S/C25H35N3O5S2/c1-25(2,3)27-34(30,31)22-12-7-20(8-13-22)11-16-24(29)26-19-21-9-14-23(15-10-21)35(32,33)28-17-5-4-6-18-28/h7-10,12-15,27H,4-6,11,16-19H2,1-3H3,(H,26,29). The number of carbonyl (C=O) groups excluding carboxylic acids is 1. The van der Waals surface area contributed by atoms with E-state index in [0.29, 0.717) is 26.1 Å². The molecule has 2 aromatic carbocycles. The van der Waals surface area contributed by atoms with Gasteiger partial charge < -0.3 is 5.32 Å². The van der Waals surface area contributed by atoms with Crippen LogP contribution in [0.25, 0.3) is 0 Å². The van der Waals surface area contributed by atoms with Gasteiger partial charge in [0, 0.05) is 31.6 Å². The third-order valence-electron chi connectivity index (χ3n) is 5.68. The first-order valence-corrected chi connectivity index (χ1v) is 14.8. The summed E-state index contributed by atoms with van der Waals surface area (Å²) in [5.41, 5.74) is 1.11. The van der Waals surface area contributed by atoms with Gasteiger partial charge in [0.1, 0.15) is 0 Å². The molecule has 10 heteroatoms. The number of rotatable bonds is 9. The summed E-state index contributed by atoms with van der Waals surface area (Å²) in [6, 6.07) is 13.1. The van der Waals surface area contributed by atoms with Crippen LogP contribution in [-0.2, 0) is 37.8 Å². The molecule has 0 saturated carbocycles. The van der Waals surface area contributed by atoms with E-state index in [4.69, 9.17) is 0 Å². The average Bonchev–Trinajstić information content (AvgIpc) is 2.81. The summed E-state index contributed by atoms with van der Waals surface area (Å²) in [5.74, 6) is -0.138. The van der Waals surface area contributed by atoms with E-state index in [1.54, 1.807) is 69.3 Å². The molecule has 0 bridgehead atoms. The Balaban J connectivity index is 1.48. The van der Waals surface area contributed by atoms with Crippen molar-refractivity contribution in [3.05, 3.63) is 59.7 Å². The zero-order valence-electron chi connectivity index (χ0n) is 20.6. The highest BCUT2D eigenvalue weighted by Crippen LogP contribution is 2.21. The molecule has 3 rings (SSSR count). The number of hydrogen-bond donors (Lipinski definition) is 2. The highest BCUT2D eigenvalue weighted by Gasteiger charge is 2.25. The SMILES string of the molecule is CC(C)(C)NS(=O)(=O)c1ccc(CCC(=O)NCc2ccc(S(=O)(=O)N3CCCCC3)cc2)cc1. The molecule has 0 aliphatic carbocycles. The molecule has 0 unspecified atom stereocenters. The Kier molecular flexibility index (Phi) is 8.74. The van der Waals surface area contributed by atoms with Crippen LogP contribution in [0.15, 0.2) is 58.3 Å². The number of piperidine rings is 1. The van der Waals surface area contributed by atoms with Crippen LogP contribution in [0.2, 0.25) is 0 Å². The molecule has 35 heavy (non-hydrogen) atoms. The summed E-state index contributed by atoms with van der Waals surface area (Å²) in [6.07, 6.45) is 3.58. The van der Waals surface area contributed by atoms with Crippen LogP contribution < -0.4 is 10.0 Å². The average molecular weight is 522 g/mol. The fourth-order valence-corrected chi connectivity index (χ4v) is 6.81. The molecule has 1 amide bonds. The zero-order chi connectivity index (χ0) is 25.7.